The molecular formula is C19H26N4O4S. The molecule has 0 unspecified atom stereocenters. The number of amides is 4. The molecule has 2 fully saturated rings. The lowest BCUT2D eigenvalue weighted by atomic mass is 10.0. The van der Waals surface area contributed by atoms with Crippen molar-refractivity contribution in [1.82, 2.24) is 16.0 Å². The second kappa shape index (κ2) is 9.18. The van der Waals surface area contributed by atoms with Crippen molar-refractivity contribution in [3.05, 3.63) is 29.8 Å². The van der Waals surface area contributed by atoms with Crippen molar-refractivity contribution in [3.8, 4) is 5.75 Å². The fourth-order valence-corrected chi connectivity index (χ4v) is 5.17. The normalized spacial score (nSPS) is 24.1. The molecule has 3 rings (SSSR count). The Morgan fingerprint density at radius 3 is 2.71 bits per heavy atom. The first-order valence-corrected chi connectivity index (χ1v) is 10.5. The van der Waals surface area contributed by atoms with Crippen LogP contribution in [0.4, 0.5) is 4.79 Å². The van der Waals surface area contributed by atoms with Crippen LogP contribution < -0.4 is 21.7 Å². The highest BCUT2D eigenvalue weighted by molar-refractivity contribution is 8.00. The highest BCUT2D eigenvalue weighted by atomic mass is 32.2. The first-order valence-electron chi connectivity index (χ1n) is 9.47. The number of nitrogens with one attached hydrogen (secondary N) is 3. The molecule has 1 aromatic rings. The average molecular weight is 407 g/mol. The van der Waals surface area contributed by atoms with E-state index in [0.29, 0.717) is 18.1 Å². The number of thioether (sulfide) groups is 1. The van der Waals surface area contributed by atoms with E-state index in [9.17, 15) is 19.5 Å². The number of fused-ring (bicyclic) bond motifs is 1. The zero-order valence-electron chi connectivity index (χ0n) is 15.5. The second-order valence-corrected chi connectivity index (χ2v) is 8.53. The van der Waals surface area contributed by atoms with Crippen LogP contribution in [-0.2, 0) is 16.0 Å². The van der Waals surface area contributed by atoms with E-state index in [0.717, 1.165) is 24.2 Å². The predicted octanol–water partition coefficient (Wildman–Crippen LogP) is 0.631. The fourth-order valence-electron chi connectivity index (χ4n) is 3.63. The summed E-state index contributed by atoms with van der Waals surface area (Å²) in [6.07, 6.45) is 3.15. The van der Waals surface area contributed by atoms with Crippen LogP contribution >= 0.6 is 11.8 Å². The molecule has 0 saturated carbocycles. The van der Waals surface area contributed by atoms with Gasteiger partial charge in [0.2, 0.25) is 11.8 Å². The SMILES string of the molecule is NC(=O)[C@H](Cc1ccc(O)cc1)NC(=O)CCCC[C@@H]1SC[C@@H]2NC(=O)N[C@@H]21. The molecule has 2 heterocycles. The van der Waals surface area contributed by atoms with Crippen LogP contribution in [0.1, 0.15) is 31.2 Å². The maximum absolute atomic E-state index is 12.2. The molecule has 1 aromatic carbocycles. The van der Waals surface area contributed by atoms with Gasteiger partial charge in [0.05, 0.1) is 12.1 Å². The molecule has 0 aliphatic carbocycles. The van der Waals surface area contributed by atoms with Gasteiger partial charge in [0.25, 0.3) is 0 Å². The van der Waals surface area contributed by atoms with E-state index in [1.807, 2.05) is 11.8 Å². The van der Waals surface area contributed by atoms with Crippen LogP contribution in [0.15, 0.2) is 24.3 Å². The third-order valence-corrected chi connectivity index (χ3v) is 6.64. The molecule has 0 spiro atoms. The number of hydrogen-bond donors (Lipinski definition) is 5. The minimum Gasteiger partial charge on any atom is -0.508 e. The highest BCUT2D eigenvalue weighted by Crippen LogP contribution is 2.33. The standard InChI is InChI=1S/C19H26N4O4S/c20-18(26)13(9-11-5-7-12(24)8-6-11)21-16(25)4-2-1-3-15-17-14(10-28-15)22-19(27)23-17/h5-8,13-15,17,24H,1-4,9-10H2,(H2,20,26)(H,21,25)(H2,22,23,27)/t13-,14-,15-,17-/m0/s1. The van der Waals surface area contributed by atoms with Gasteiger partial charge in [-0.2, -0.15) is 11.8 Å². The lowest BCUT2D eigenvalue weighted by Crippen LogP contribution is -2.45. The predicted molar refractivity (Wildman–Crippen MR) is 107 cm³/mol. The Bertz CT molecular complexity index is 727. The molecule has 9 heteroatoms. The summed E-state index contributed by atoms with van der Waals surface area (Å²) < 4.78 is 0. The minimum absolute atomic E-state index is 0.0919. The van der Waals surface area contributed by atoms with Crippen molar-refractivity contribution in [2.24, 2.45) is 5.73 Å². The summed E-state index contributed by atoms with van der Waals surface area (Å²) >= 11 is 1.86. The number of urea groups is 1. The number of carbonyl (C=O) groups is 3. The first-order chi connectivity index (χ1) is 13.4. The molecule has 152 valence electrons. The Hall–Kier alpha value is -2.42. The Labute approximate surface area is 168 Å². The van der Waals surface area contributed by atoms with Crippen LogP contribution in [0.3, 0.4) is 0 Å². The molecule has 4 atom stereocenters. The van der Waals surface area contributed by atoms with Crippen LogP contribution in [0.2, 0.25) is 0 Å². The van der Waals surface area contributed by atoms with Crippen molar-refractivity contribution in [3.63, 3.8) is 0 Å². The van der Waals surface area contributed by atoms with E-state index in [1.165, 1.54) is 12.1 Å². The maximum atomic E-state index is 12.2. The molecule has 4 amide bonds. The summed E-state index contributed by atoms with van der Waals surface area (Å²) in [5.74, 6) is 0.282. The van der Waals surface area contributed by atoms with E-state index >= 15 is 0 Å². The van der Waals surface area contributed by atoms with E-state index in [1.54, 1.807) is 12.1 Å². The number of primary amides is 1. The third-order valence-electron chi connectivity index (χ3n) is 5.14. The first kappa shape index (κ1) is 20.3. The molecule has 0 bridgehead atoms. The van der Waals surface area contributed by atoms with E-state index in [4.69, 9.17) is 5.73 Å². The topological polar surface area (TPSA) is 134 Å². The number of phenols is 1. The Balaban J connectivity index is 1.38. The molecule has 2 saturated heterocycles. The number of phenolic OH excluding ortho intramolecular Hbond substituents is 1. The fraction of sp³-hybridized carbons (Fsp3) is 0.526. The summed E-state index contributed by atoms with van der Waals surface area (Å²) in [5, 5.41) is 18.3. The van der Waals surface area contributed by atoms with Gasteiger partial charge in [-0.25, -0.2) is 4.79 Å². The molecule has 8 nitrogen and oxygen atoms in total. The summed E-state index contributed by atoms with van der Waals surface area (Å²) in [6.45, 7) is 0. The summed E-state index contributed by atoms with van der Waals surface area (Å²) in [5.41, 5.74) is 6.22. The van der Waals surface area contributed by atoms with Gasteiger partial charge in [0, 0.05) is 23.8 Å². The van der Waals surface area contributed by atoms with E-state index in [2.05, 4.69) is 16.0 Å². The van der Waals surface area contributed by atoms with Crippen LogP contribution in [0, 0.1) is 0 Å². The number of unbranched alkanes of at least 4 members (excludes halogenated alkanes) is 1. The monoisotopic (exact) mass is 406 g/mol. The number of carbonyl (C=O) groups excluding carboxylic acids is 3. The van der Waals surface area contributed by atoms with Crippen molar-refractivity contribution in [2.75, 3.05) is 5.75 Å². The maximum Gasteiger partial charge on any atom is 0.315 e. The van der Waals surface area contributed by atoms with Crippen molar-refractivity contribution in [2.45, 2.75) is 55.5 Å². The van der Waals surface area contributed by atoms with Gasteiger partial charge >= 0.3 is 6.03 Å². The largest absolute Gasteiger partial charge is 0.508 e. The zero-order chi connectivity index (χ0) is 20.1. The number of nitrogens with two attached hydrogens (primary N) is 1. The average Bonchev–Trinajstić information content (AvgIpc) is 3.19. The Morgan fingerprint density at radius 2 is 2.00 bits per heavy atom. The number of rotatable bonds is 9. The van der Waals surface area contributed by atoms with Crippen molar-refractivity contribution < 1.29 is 19.5 Å². The van der Waals surface area contributed by atoms with Crippen LogP contribution in [-0.4, -0.2) is 52.1 Å². The van der Waals surface area contributed by atoms with Gasteiger partial charge in [-0.05, 0) is 30.5 Å². The lowest BCUT2D eigenvalue weighted by Gasteiger charge is -2.17. The third kappa shape index (κ3) is 5.31. The molecule has 0 radical (unpaired) electrons. The number of benzene rings is 1. The van der Waals surface area contributed by atoms with Gasteiger partial charge in [0.15, 0.2) is 0 Å². The van der Waals surface area contributed by atoms with Crippen LogP contribution in [0.5, 0.6) is 5.75 Å². The lowest BCUT2D eigenvalue weighted by molar-refractivity contribution is -0.127. The quantitative estimate of drug-likeness (QED) is 0.303. The van der Waals surface area contributed by atoms with Gasteiger partial charge in [-0.15, -0.1) is 0 Å². The van der Waals surface area contributed by atoms with Gasteiger partial charge in [0.1, 0.15) is 11.8 Å². The van der Waals surface area contributed by atoms with Crippen molar-refractivity contribution >= 4 is 29.6 Å². The van der Waals surface area contributed by atoms with Crippen LogP contribution in [0.25, 0.3) is 0 Å². The Kier molecular flexibility index (Phi) is 6.66. The van der Waals surface area contributed by atoms with Crippen molar-refractivity contribution in [1.29, 1.82) is 0 Å². The summed E-state index contributed by atoms with van der Waals surface area (Å²) in [6, 6.07) is 5.97. The Morgan fingerprint density at radius 1 is 1.25 bits per heavy atom. The van der Waals surface area contributed by atoms with E-state index in [-0.39, 0.29) is 36.2 Å². The van der Waals surface area contributed by atoms with Gasteiger partial charge in [-0.3, -0.25) is 9.59 Å². The zero-order valence-corrected chi connectivity index (χ0v) is 16.3. The highest BCUT2D eigenvalue weighted by Gasteiger charge is 2.42. The summed E-state index contributed by atoms with van der Waals surface area (Å²) in [7, 11) is 0. The summed E-state index contributed by atoms with van der Waals surface area (Å²) in [4.78, 5) is 35.2. The van der Waals surface area contributed by atoms with Gasteiger partial charge < -0.3 is 26.8 Å². The molecule has 6 N–H and O–H groups in total. The molecule has 2 aliphatic heterocycles. The minimum atomic E-state index is -0.775. The molecule has 0 aromatic heterocycles. The second-order valence-electron chi connectivity index (χ2n) is 7.26. The van der Waals surface area contributed by atoms with Gasteiger partial charge in [-0.1, -0.05) is 18.6 Å². The molecule has 2 aliphatic rings. The molecular weight excluding hydrogens is 380 g/mol. The smallest absolute Gasteiger partial charge is 0.315 e. The number of aromatic hydroxyl groups is 1. The number of hydrogen-bond acceptors (Lipinski definition) is 5. The molecule has 28 heavy (non-hydrogen) atoms. The van der Waals surface area contributed by atoms with E-state index < -0.39 is 11.9 Å².